The predicted octanol–water partition coefficient (Wildman–Crippen LogP) is 1.09. The Morgan fingerprint density at radius 2 is 1.45 bits per heavy atom. The summed E-state index contributed by atoms with van der Waals surface area (Å²) in [7, 11) is 0. The van der Waals surface area contributed by atoms with Crippen molar-refractivity contribution in [2.75, 3.05) is 18.8 Å². The van der Waals surface area contributed by atoms with Crippen LogP contribution >= 0.6 is 0 Å². The van der Waals surface area contributed by atoms with Crippen molar-refractivity contribution >= 4 is 17.5 Å². The lowest BCUT2D eigenvalue weighted by molar-refractivity contribution is -0.124. The number of Topliss-reactive ketones (excluding diaryl/α,β-unsaturated/α-hetero) is 1. The Bertz CT molecular complexity index is 1300. The summed E-state index contributed by atoms with van der Waals surface area (Å²) in [5, 5.41) is 0. The number of amides is 1. The number of likely N-dealkylation sites (tertiary alicyclic amines) is 1. The Labute approximate surface area is 189 Å². The highest BCUT2D eigenvalue weighted by Gasteiger charge is 2.31. The molecule has 1 aliphatic rings. The van der Waals surface area contributed by atoms with Crippen LogP contribution in [0.2, 0.25) is 0 Å². The summed E-state index contributed by atoms with van der Waals surface area (Å²) in [6.45, 7) is 0.305. The van der Waals surface area contributed by atoms with E-state index < -0.39 is 29.0 Å². The smallest absolute Gasteiger partial charge is 0.341 e. The molecule has 0 spiro atoms. The van der Waals surface area contributed by atoms with E-state index in [-0.39, 0.29) is 17.9 Å². The van der Waals surface area contributed by atoms with Gasteiger partial charge in [-0.1, -0.05) is 42.8 Å². The molecule has 4 rings (SSSR count). The maximum atomic E-state index is 13.4. The highest BCUT2D eigenvalue weighted by atomic mass is 16.2. The molecule has 1 unspecified atom stereocenters. The first-order valence-electron chi connectivity index (χ1n) is 10.7. The fraction of sp³-hybridized carbons (Fsp3) is 0.250. The Balaban J connectivity index is 1.89. The standard InChI is InChI=1S/C24H25N5O4/c25-21-20(19(30)15-27-14-8-7-13-18(27)22(26)31)23(32)29(17-11-5-2-6-12-17)24(33)28(21)16-9-3-1-4-10-16/h1-6,9-12,18H,7-8,13-15,25H2,(H2,26,31). The van der Waals surface area contributed by atoms with Crippen LogP contribution in [0.3, 0.4) is 0 Å². The van der Waals surface area contributed by atoms with Crippen LogP contribution in [0.15, 0.2) is 70.3 Å². The number of piperidine rings is 1. The molecule has 1 saturated heterocycles. The van der Waals surface area contributed by atoms with Crippen molar-refractivity contribution in [3.63, 3.8) is 0 Å². The van der Waals surface area contributed by atoms with E-state index >= 15 is 0 Å². The normalized spacial score (nSPS) is 16.4. The van der Waals surface area contributed by atoms with E-state index in [4.69, 9.17) is 11.5 Å². The molecule has 33 heavy (non-hydrogen) atoms. The summed E-state index contributed by atoms with van der Waals surface area (Å²) in [5.74, 6) is -1.31. The van der Waals surface area contributed by atoms with Crippen LogP contribution in [-0.4, -0.2) is 44.9 Å². The number of rotatable bonds is 6. The minimum atomic E-state index is -0.798. The zero-order valence-corrected chi connectivity index (χ0v) is 18.0. The topological polar surface area (TPSA) is 133 Å². The molecule has 3 aromatic rings. The summed E-state index contributed by atoms with van der Waals surface area (Å²) in [4.78, 5) is 53.8. The van der Waals surface area contributed by atoms with Crippen LogP contribution in [0, 0.1) is 0 Å². The second-order valence-electron chi connectivity index (χ2n) is 8.00. The lowest BCUT2D eigenvalue weighted by atomic mass is 10.0. The number of hydrogen-bond acceptors (Lipinski definition) is 6. The van der Waals surface area contributed by atoms with Crippen molar-refractivity contribution in [3.8, 4) is 11.4 Å². The number of nitrogens with two attached hydrogens (primary N) is 2. The van der Waals surface area contributed by atoms with Gasteiger partial charge in [-0.3, -0.25) is 19.3 Å². The van der Waals surface area contributed by atoms with Crippen LogP contribution in [0.1, 0.15) is 29.6 Å². The van der Waals surface area contributed by atoms with Gasteiger partial charge in [0.05, 0.1) is 24.0 Å². The fourth-order valence-corrected chi connectivity index (χ4v) is 4.28. The van der Waals surface area contributed by atoms with Gasteiger partial charge in [-0.25, -0.2) is 13.9 Å². The summed E-state index contributed by atoms with van der Waals surface area (Å²) >= 11 is 0. The molecular formula is C24H25N5O4. The zero-order chi connectivity index (χ0) is 23.5. The summed E-state index contributed by atoms with van der Waals surface area (Å²) in [5.41, 5.74) is 10.8. The van der Waals surface area contributed by atoms with Gasteiger partial charge in [-0.05, 0) is 43.7 Å². The Morgan fingerprint density at radius 3 is 2.03 bits per heavy atom. The molecule has 2 heterocycles. The first kappa shape index (κ1) is 22.2. The molecule has 4 N–H and O–H groups in total. The predicted molar refractivity (Wildman–Crippen MR) is 125 cm³/mol. The highest BCUT2D eigenvalue weighted by molar-refractivity contribution is 6.01. The number of anilines is 1. The summed E-state index contributed by atoms with van der Waals surface area (Å²) < 4.78 is 2.10. The number of ketones is 1. The molecule has 0 saturated carbocycles. The largest absolute Gasteiger partial charge is 0.384 e. The van der Waals surface area contributed by atoms with Gasteiger partial charge in [0.15, 0.2) is 5.78 Å². The Hall–Kier alpha value is -3.98. The quantitative estimate of drug-likeness (QED) is 0.544. The van der Waals surface area contributed by atoms with Gasteiger partial charge >= 0.3 is 5.69 Å². The fourth-order valence-electron chi connectivity index (χ4n) is 4.28. The molecule has 0 aliphatic carbocycles. The second-order valence-corrected chi connectivity index (χ2v) is 8.00. The summed E-state index contributed by atoms with van der Waals surface area (Å²) in [6.07, 6.45) is 2.19. The van der Waals surface area contributed by atoms with E-state index in [9.17, 15) is 19.2 Å². The van der Waals surface area contributed by atoms with Gasteiger partial charge in [-0.2, -0.15) is 0 Å². The van der Waals surface area contributed by atoms with Crippen LogP contribution in [0.25, 0.3) is 11.4 Å². The first-order valence-corrected chi connectivity index (χ1v) is 10.7. The molecule has 2 aromatic carbocycles. The molecule has 1 atom stereocenters. The maximum absolute atomic E-state index is 13.4. The third kappa shape index (κ3) is 4.22. The molecule has 0 bridgehead atoms. The number of primary amides is 1. The summed E-state index contributed by atoms with van der Waals surface area (Å²) in [6, 6.07) is 16.3. The number of aromatic nitrogens is 2. The van der Waals surface area contributed by atoms with E-state index in [0.29, 0.717) is 24.3 Å². The molecule has 1 aliphatic heterocycles. The zero-order valence-electron chi connectivity index (χ0n) is 18.0. The van der Waals surface area contributed by atoms with Gasteiger partial charge in [0.1, 0.15) is 11.4 Å². The van der Waals surface area contributed by atoms with E-state index in [1.54, 1.807) is 65.6 Å². The van der Waals surface area contributed by atoms with Crippen molar-refractivity contribution < 1.29 is 9.59 Å². The lowest BCUT2D eigenvalue weighted by Gasteiger charge is -2.33. The Kier molecular flexibility index (Phi) is 6.23. The van der Waals surface area contributed by atoms with Crippen molar-refractivity contribution in [2.45, 2.75) is 25.3 Å². The van der Waals surface area contributed by atoms with E-state index in [2.05, 4.69) is 0 Å². The molecular weight excluding hydrogens is 422 g/mol. The highest BCUT2D eigenvalue weighted by Crippen LogP contribution is 2.19. The second kappa shape index (κ2) is 9.25. The minimum Gasteiger partial charge on any atom is -0.384 e. The third-order valence-corrected chi connectivity index (χ3v) is 5.89. The number of benzene rings is 2. The molecule has 170 valence electrons. The number of para-hydroxylation sites is 2. The van der Waals surface area contributed by atoms with Crippen LogP contribution < -0.4 is 22.7 Å². The number of hydrogen-bond donors (Lipinski definition) is 2. The van der Waals surface area contributed by atoms with Gasteiger partial charge in [0.2, 0.25) is 5.91 Å². The molecule has 0 radical (unpaired) electrons. The third-order valence-electron chi connectivity index (χ3n) is 5.89. The monoisotopic (exact) mass is 447 g/mol. The van der Waals surface area contributed by atoms with Crippen molar-refractivity contribution in [1.82, 2.24) is 14.0 Å². The number of carbonyl (C=O) groups excluding carboxylic acids is 2. The van der Waals surface area contributed by atoms with Crippen LogP contribution in [0.5, 0.6) is 0 Å². The molecule has 1 aromatic heterocycles. The Morgan fingerprint density at radius 1 is 0.879 bits per heavy atom. The van der Waals surface area contributed by atoms with E-state index in [0.717, 1.165) is 22.0 Å². The van der Waals surface area contributed by atoms with Gasteiger partial charge in [-0.15, -0.1) is 0 Å². The SMILES string of the molecule is NC(=O)C1CCCCN1CC(=O)c1c(N)n(-c2ccccc2)c(=O)n(-c2ccccc2)c1=O. The molecule has 9 nitrogen and oxygen atoms in total. The number of nitrogens with zero attached hydrogens (tertiary/aromatic N) is 3. The molecule has 1 fully saturated rings. The van der Waals surface area contributed by atoms with E-state index in [1.165, 1.54) is 0 Å². The molecule has 1 amide bonds. The van der Waals surface area contributed by atoms with Crippen molar-refractivity contribution in [1.29, 1.82) is 0 Å². The number of carbonyl (C=O) groups is 2. The minimum absolute atomic E-state index is 0.200. The molecule has 9 heteroatoms. The average Bonchev–Trinajstić information content (AvgIpc) is 2.80. The van der Waals surface area contributed by atoms with Gasteiger partial charge in [0.25, 0.3) is 5.56 Å². The van der Waals surface area contributed by atoms with Crippen molar-refractivity contribution in [3.05, 3.63) is 87.1 Å². The van der Waals surface area contributed by atoms with Gasteiger partial charge < -0.3 is 11.5 Å². The van der Waals surface area contributed by atoms with Gasteiger partial charge in [0, 0.05) is 0 Å². The average molecular weight is 447 g/mol. The lowest BCUT2D eigenvalue weighted by Crippen LogP contribution is -2.50. The first-order chi connectivity index (χ1) is 15.9. The maximum Gasteiger partial charge on any atom is 0.341 e. The van der Waals surface area contributed by atoms with Crippen molar-refractivity contribution in [2.24, 2.45) is 5.73 Å². The number of nitrogen functional groups attached to an aromatic ring is 1. The van der Waals surface area contributed by atoms with Crippen LogP contribution in [0.4, 0.5) is 5.82 Å². The van der Waals surface area contributed by atoms with Crippen LogP contribution in [-0.2, 0) is 4.79 Å². The van der Waals surface area contributed by atoms with E-state index in [1.807, 2.05) is 0 Å².